The number of nitrogens with zero attached hydrogens (tertiary/aromatic N) is 2. The van der Waals surface area contributed by atoms with Gasteiger partial charge in [0.05, 0.1) is 53.4 Å². The van der Waals surface area contributed by atoms with E-state index in [0.717, 1.165) is 35.8 Å². The van der Waals surface area contributed by atoms with Crippen LogP contribution >= 0.6 is 0 Å². The quantitative estimate of drug-likeness (QED) is 0.107. The number of quaternary nitrogens is 2. The highest BCUT2D eigenvalue weighted by molar-refractivity contribution is 4.87. The molecule has 2 aliphatic carbocycles. The van der Waals surface area contributed by atoms with Gasteiger partial charge in [-0.2, -0.15) is 0 Å². The van der Waals surface area contributed by atoms with Crippen LogP contribution in [0.1, 0.15) is 177 Å². The fourth-order valence-electron chi connectivity index (χ4n) is 9.68. The molecule has 6 atom stereocenters. The van der Waals surface area contributed by atoms with E-state index in [4.69, 9.17) is 0 Å². The molecule has 0 aromatic carbocycles. The maximum Gasteiger partial charge on any atom is 0.0857 e. The monoisotopic (exact) mass is 763 g/mol. The summed E-state index contributed by atoms with van der Waals surface area (Å²) in [6.45, 7) is 23.0. The second-order valence-corrected chi connectivity index (χ2v) is 19.0. The normalized spacial score (nSPS) is 26.4. The fraction of sp³-hybridized carbons (Fsp3) is 1.00. The molecule has 6 unspecified atom stereocenters. The second-order valence-electron chi connectivity index (χ2n) is 19.0. The molecule has 4 heteroatoms. The lowest BCUT2D eigenvalue weighted by Crippen LogP contribution is -3.00. The molecule has 0 N–H and O–H groups in total. The molecule has 2 fully saturated rings. The third kappa shape index (κ3) is 15.5. The third-order valence-corrected chi connectivity index (χ3v) is 14.0. The summed E-state index contributed by atoms with van der Waals surface area (Å²) in [6, 6.07) is 1.56. The van der Waals surface area contributed by atoms with Crippen molar-refractivity contribution in [2.24, 2.45) is 34.5 Å². The summed E-state index contributed by atoms with van der Waals surface area (Å²) in [5.41, 5.74) is 1.10. The van der Waals surface area contributed by atoms with E-state index in [1.165, 1.54) is 144 Å². The van der Waals surface area contributed by atoms with Gasteiger partial charge < -0.3 is 42.9 Å². The molecule has 0 aromatic rings. The predicted molar refractivity (Wildman–Crippen MR) is 193 cm³/mol. The van der Waals surface area contributed by atoms with Crippen molar-refractivity contribution >= 4 is 0 Å². The summed E-state index contributed by atoms with van der Waals surface area (Å²) in [4.78, 5) is 0. The zero-order valence-electron chi connectivity index (χ0n) is 33.0. The van der Waals surface area contributed by atoms with Crippen LogP contribution in [-0.4, -0.2) is 62.3 Å². The summed E-state index contributed by atoms with van der Waals surface area (Å²) < 4.78 is 2.43. The van der Waals surface area contributed by atoms with E-state index >= 15 is 0 Å². The Morgan fingerprint density at radius 1 is 0.533 bits per heavy atom. The lowest BCUT2D eigenvalue weighted by Gasteiger charge is -2.44. The number of rotatable bonds is 20. The Morgan fingerprint density at radius 3 is 1.11 bits per heavy atom. The van der Waals surface area contributed by atoms with Crippen molar-refractivity contribution < 1.29 is 42.9 Å². The maximum absolute atomic E-state index is 2.54. The van der Waals surface area contributed by atoms with E-state index in [1.54, 1.807) is 0 Å². The first-order valence-corrected chi connectivity index (χ1v) is 19.6. The van der Waals surface area contributed by atoms with Crippen LogP contribution in [0.3, 0.4) is 0 Å². The van der Waals surface area contributed by atoms with E-state index < -0.39 is 0 Å². The Kier molecular flexibility index (Phi) is 21.6. The smallest absolute Gasteiger partial charge is 0.0857 e. The Morgan fingerprint density at radius 2 is 0.822 bits per heavy atom. The molecule has 2 saturated carbocycles. The van der Waals surface area contributed by atoms with Gasteiger partial charge in [0.2, 0.25) is 0 Å². The molecule has 45 heavy (non-hydrogen) atoms. The summed E-state index contributed by atoms with van der Waals surface area (Å²) >= 11 is 0. The second kappa shape index (κ2) is 21.2. The minimum atomic E-state index is 0. The van der Waals surface area contributed by atoms with E-state index in [9.17, 15) is 0 Å². The molecule has 2 nitrogen and oxygen atoms in total. The van der Waals surface area contributed by atoms with E-state index in [-0.39, 0.29) is 34.0 Å². The van der Waals surface area contributed by atoms with Gasteiger partial charge in [-0.3, -0.25) is 0 Å². The summed E-state index contributed by atoms with van der Waals surface area (Å²) in [6.07, 6.45) is 27.3. The minimum absolute atomic E-state index is 0. The van der Waals surface area contributed by atoms with Crippen molar-refractivity contribution in [3.05, 3.63) is 0 Å². The van der Waals surface area contributed by atoms with E-state index in [0.29, 0.717) is 10.8 Å². The number of hydrogen-bond donors (Lipinski definition) is 0. The first kappa shape index (κ1) is 45.9. The van der Waals surface area contributed by atoms with Crippen LogP contribution in [0.25, 0.3) is 0 Å². The largest absolute Gasteiger partial charge is 1.00 e. The number of unbranched alkanes of at least 4 members (excludes halogenated alkanes) is 8. The van der Waals surface area contributed by atoms with Gasteiger partial charge in [0.25, 0.3) is 0 Å². The molecular weight excluding hydrogens is 680 g/mol. The zero-order chi connectivity index (χ0) is 32.3. The number of hydrogen-bond acceptors (Lipinski definition) is 0. The summed E-state index contributed by atoms with van der Waals surface area (Å²) in [5, 5.41) is 0. The standard InChI is InChI=1S/C41H84N2.2BrH/c1-34-24-22-30-40(5,6)38(34)28-26-36(3)42(9,10)32-20-18-16-14-13-15-17-19-21-33-43(11,12)37(4)27-29-39-35(2)25-23-31-41(39,7)8;;/h34-39H,13-33H2,1-12H3;2*1H/q+2;;/p-2. The van der Waals surface area contributed by atoms with Crippen LogP contribution < -0.4 is 34.0 Å². The SMILES string of the molecule is CC1CCCC(C)(C)C1CCC(C)[N+](C)(C)CCCCCCCCCCC[N+](C)(C)C(C)CCC1C(C)CCCC1(C)C.[Br-].[Br-]. The van der Waals surface area contributed by atoms with E-state index in [2.05, 4.69) is 83.6 Å². The lowest BCUT2D eigenvalue weighted by atomic mass is 9.62. The van der Waals surface area contributed by atoms with E-state index in [1.807, 2.05) is 0 Å². The number of halogens is 2. The molecule has 0 heterocycles. The predicted octanol–water partition coefficient (Wildman–Crippen LogP) is 5.92. The molecular formula is C41H84Br2N2. The molecule has 2 aliphatic rings. The van der Waals surface area contributed by atoms with Crippen LogP contribution in [0.4, 0.5) is 0 Å². The highest BCUT2D eigenvalue weighted by Gasteiger charge is 2.38. The lowest BCUT2D eigenvalue weighted by molar-refractivity contribution is -0.913. The molecule has 0 spiro atoms. The van der Waals surface area contributed by atoms with Crippen molar-refractivity contribution in [3.8, 4) is 0 Å². The minimum Gasteiger partial charge on any atom is -1.00 e. The molecule has 0 bridgehead atoms. The van der Waals surface area contributed by atoms with Crippen molar-refractivity contribution in [1.82, 2.24) is 0 Å². The van der Waals surface area contributed by atoms with Gasteiger partial charge in [0, 0.05) is 0 Å². The molecule has 2 rings (SSSR count). The van der Waals surface area contributed by atoms with Crippen LogP contribution in [0.15, 0.2) is 0 Å². The average Bonchev–Trinajstić information content (AvgIpc) is 2.90. The highest BCUT2D eigenvalue weighted by Crippen LogP contribution is 2.47. The third-order valence-electron chi connectivity index (χ3n) is 14.0. The molecule has 0 radical (unpaired) electrons. The first-order valence-electron chi connectivity index (χ1n) is 19.6. The fourth-order valence-corrected chi connectivity index (χ4v) is 9.68. The van der Waals surface area contributed by atoms with Gasteiger partial charge in [-0.15, -0.1) is 0 Å². The van der Waals surface area contributed by atoms with Crippen LogP contribution in [0.5, 0.6) is 0 Å². The van der Waals surface area contributed by atoms with Gasteiger partial charge >= 0.3 is 0 Å². The Hall–Kier alpha value is 0.880. The van der Waals surface area contributed by atoms with Crippen molar-refractivity contribution in [3.63, 3.8) is 0 Å². The van der Waals surface area contributed by atoms with Crippen molar-refractivity contribution in [1.29, 1.82) is 0 Å². The Labute approximate surface area is 306 Å². The van der Waals surface area contributed by atoms with Crippen molar-refractivity contribution in [2.75, 3.05) is 41.3 Å². The molecule has 0 aromatic heterocycles. The maximum atomic E-state index is 2.54. The Bertz CT molecular complexity index is 699. The van der Waals surface area contributed by atoms with Crippen LogP contribution in [0.2, 0.25) is 0 Å². The van der Waals surface area contributed by atoms with Crippen molar-refractivity contribution in [2.45, 2.75) is 189 Å². The van der Waals surface area contributed by atoms with Gasteiger partial charge in [-0.05, 0) is 113 Å². The summed E-state index contributed by atoms with van der Waals surface area (Å²) in [5.74, 6) is 3.68. The average molecular weight is 765 g/mol. The van der Waals surface area contributed by atoms with Gasteiger partial charge in [-0.25, -0.2) is 0 Å². The zero-order valence-corrected chi connectivity index (χ0v) is 36.1. The molecule has 0 aliphatic heterocycles. The molecule has 0 amide bonds. The topological polar surface area (TPSA) is 0 Å². The van der Waals surface area contributed by atoms with Gasteiger partial charge in [0.15, 0.2) is 0 Å². The van der Waals surface area contributed by atoms with Gasteiger partial charge in [-0.1, -0.05) is 99.3 Å². The summed E-state index contributed by atoms with van der Waals surface area (Å²) in [7, 11) is 10.00. The highest BCUT2D eigenvalue weighted by atomic mass is 79.9. The van der Waals surface area contributed by atoms with Crippen LogP contribution in [-0.2, 0) is 0 Å². The van der Waals surface area contributed by atoms with Gasteiger partial charge in [0.1, 0.15) is 0 Å². The Balaban J connectivity index is 0.00000968. The van der Waals surface area contributed by atoms with Crippen LogP contribution in [0, 0.1) is 34.5 Å². The molecule has 272 valence electrons. The first-order chi connectivity index (χ1) is 20.0. The molecule has 0 saturated heterocycles.